The minimum absolute atomic E-state index is 0.185. The SMILES string of the molecule is CC(C)CCNCC(C)Oc1cccc(N(C)C)c1. The summed E-state index contributed by atoms with van der Waals surface area (Å²) in [6.07, 6.45) is 1.40. The van der Waals surface area contributed by atoms with Gasteiger partial charge in [0.15, 0.2) is 0 Å². The predicted molar refractivity (Wildman–Crippen MR) is 83.2 cm³/mol. The lowest BCUT2D eigenvalue weighted by Gasteiger charge is -2.18. The van der Waals surface area contributed by atoms with E-state index in [4.69, 9.17) is 4.74 Å². The van der Waals surface area contributed by atoms with Gasteiger partial charge < -0.3 is 15.0 Å². The zero-order valence-electron chi connectivity index (χ0n) is 12.9. The Labute approximate surface area is 118 Å². The molecule has 3 nitrogen and oxygen atoms in total. The molecular formula is C16H28N2O. The molecule has 0 aliphatic carbocycles. The van der Waals surface area contributed by atoms with E-state index in [1.54, 1.807) is 0 Å². The van der Waals surface area contributed by atoms with Crippen molar-refractivity contribution in [2.75, 3.05) is 32.1 Å². The Morgan fingerprint density at radius 2 is 1.95 bits per heavy atom. The van der Waals surface area contributed by atoms with Gasteiger partial charge in [0, 0.05) is 32.4 Å². The van der Waals surface area contributed by atoms with Crippen LogP contribution in [0.4, 0.5) is 5.69 Å². The van der Waals surface area contributed by atoms with E-state index in [2.05, 4.69) is 43.1 Å². The third-order valence-corrected chi connectivity index (χ3v) is 3.00. The fourth-order valence-electron chi connectivity index (χ4n) is 1.81. The van der Waals surface area contributed by atoms with Crippen molar-refractivity contribution >= 4 is 5.69 Å². The first-order valence-corrected chi connectivity index (χ1v) is 7.13. The van der Waals surface area contributed by atoms with Gasteiger partial charge in [0.2, 0.25) is 0 Å². The predicted octanol–water partition coefficient (Wildman–Crippen LogP) is 3.16. The summed E-state index contributed by atoms with van der Waals surface area (Å²) in [5, 5.41) is 3.44. The molecule has 19 heavy (non-hydrogen) atoms. The van der Waals surface area contributed by atoms with E-state index in [1.807, 2.05) is 26.2 Å². The third kappa shape index (κ3) is 6.48. The van der Waals surface area contributed by atoms with Crippen LogP contribution in [0.1, 0.15) is 27.2 Å². The number of nitrogens with zero attached hydrogens (tertiary/aromatic N) is 1. The zero-order valence-corrected chi connectivity index (χ0v) is 12.9. The number of ether oxygens (including phenoxy) is 1. The lowest BCUT2D eigenvalue weighted by Crippen LogP contribution is -2.30. The van der Waals surface area contributed by atoms with E-state index in [1.165, 1.54) is 6.42 Å². The number of nitrogens with one attached hydrogen (secondary N) is 1. The molecule has 1 rings (SSSR count). The summed E-state index contributed by atoms with van der Waals surface area (Å²) in [6.45, 7) is 8.54. The molecule has 1 aromatic carbocycles. The molecule has 3 heteroatoms. The van der Waals surface area contributed by atoms with Crippen LogP contribution < -0.4 is 15.0 Å². The second-order valence-corrected chi connectivity index (χ2v) is 5.71. The molecule has 0 saturated carbocycles. The molecule has 0 fully saturated rings. The zero-order chi connectivity index (χ0) is 14.3. The van der Waals surface area contributed by atoms with Crippen molar-refractivity contribution in [2.24, 2.45) is 5.92 Å². The van der Waals surface area contributed by atoms with Crippen LogP contribution in [0, 0.1) is 5.92 Å². The summed E-state index contributed by atoms with van der Waals surface area (Å²) in [5.41, 5.74) is 1.16. The molecule has 0 aromatic heterocycles. The molecule has 0 radical (unpaired) electrons. The molecule has 1 atom stereocenters. The first kappa shape index (κ1) is 15.8. The lowest BCUT2D eigenvalue weighted by molar-refractivity contribution is 0.216. The third-order valence-electron chi connectivity index (χ3n) is 3.00. The number of anilines is 1. The van der Waals surface area contributed by atoms with Gasteiger partial charge in [-0.15, -0.1) is 0 Å². The van der Waals surface area contributed by atoms with Crippen molar-refractivity contribution in [2.45, 2.75) is 33.3 Å². The van der Waals surface area contributed by atoms with Gasteiger partial charge in [-0.3, -0.25) is 0 Å². The normalized spacial score (nSPS) is 12.5. The summed E-state index contributed by atoms with van der Waals surface area (Å²) in [5.74, 6) is 1.69. The van der Waals surface area contributed by atoms with E-state index in [0.29, 0.717) is 0 Å². The summed E-state index contributed by atoms with van der Waals surface area (Å²) in [7, 11) is 4.08. The minimum Gasteiger partial charge on any atom is -0.489 e. The van der Waals surface area contributed by atoms with E-state index >= 15 is 0 Å². The Morgan fingerprint density at radius 1 is 1.21 bits per heavy atom. The van der Waals surface area contributed by atoms with Crippen LogP contribution in [0.3, 0.4) is 0 Å². The molecular weight excluding hydrogens is 236 g/mol. The maximum absolute atomic E-state index is 5.92. The van der Waals surface area contributed by atoms with Gasteiger partial charge in [-0.2, -0.15) is 0 Å². The number of hydrogen-bond acceptors (Lipinski definition) is 3. The molecule has 0 amide bonds. The Morgan fingerprint density at radius 3 is 2.58 bits per heavy atom. The van der Waals surface area contributed by atoms with Crippen LogP contribution >= 0.6 is 0 Å². The fourth-order valence-corrected chi connectivity index (χ4v) is 1.81. The van der Waals surface area contributed by atoms with E-state index in [-0.39, 0.29) is 6.10 Å². The van der Waals surface area contributed by atoms with E-state index < -0.39 is 0 Å². The van der Waals surface area contributed by atoms with Crippen molar-refractivity contribution in [3.8, 4) is 5.75 Å². The number of benzene rings is 1. The van der Waals surface area contributed by atoms with Crippen molar-refractivity contribution in [3.05, 3.63) is 24.3 Å². The second-order valence-electron chi connectivity index (χ2n) is 5.71. The maximum atomic E-state index is 5.92. The fraction of sp³-hybridized carbons (Fsp3) is 0.625. The molecule has 0 spiro atoms. The molecule has 0 bridgehead atoms. The number of rotatable bonds is 8. The highest BCUT2D eigenvalue weighted by Crippen LogP contribution is 2.20. The quantitative estimate of drug-likeness (QED) is 0.730. The first-order valence-electron chi connectivity index (χ1n) is 7.13. The molecule has 1 N–H and O–H groups in total. The van der Waals surface area contributed by atoms with Gasteiger partial charge in [0.25, 0.3) is 0 Å². The average Bonchev–Trinajstić information content (AvgIpc) is 2.34. The Balaban J connectivity index is 2.35. The minimum atomic E-state index is 0.185. The average molecular weight is 264 g/mol. The standard InChI is InChI=1S/C16H28N2O/c1-13(2)9-10-17-12-14(3)19-16-8-6-7-15(11-16)18(4)5/h6-8,11,13-14,17H,9-10,12H2,1-5H3. The molecule has 108 valence electrons. The van der Waals surface area contributed by atoms with E-state index in [9.17, 15) is 0 Å². The summed E-state index contributed by atoms with van der Waals surface area (Å²) < 4.78 is 5.92. The van der Waals surface area contributed by atoms with Crippen LogP contribution in [0.2, 0.25) is 0 Å². The monoisotopic (exact) mass is 264 g/mol. The highest BCUT2D eigenvalue weighted by Gasteiger charge is 2.05. The maximum Gasteiger partial charge on any atom is 0.121 e. The van der Waals surface area contributed by atoms with Gasteiger partial charge in [-0.25, -0.2) is 0 Å². The molecule has 0 heterocycles. The summed E-state index contributed by atoms with van der Waals surface area (Å²) in [4.78, 5) is 2.08. The Bertz CT molecular complexity index is 364. The smallest absolute Gasteiger partial charge is 0.121 e. The Hall–Kier alpha value is -1.22. The van der Waals surface area contributed by atoms with Gasteiger partial charge in [-0.05, 0) is 37.9 Å². The molecule has 1 aromatic rings. The van der Waals surface area contributed by atoms with Crippen LogP contribution in [0.25, 0.3) is 0 Å². The van der Waals surface area contributed by atoms with Crippen molar-refractivity contribution in [1.29, 1.82) is 0 Å². The summed E-state index contributed by atoms with van der Waals surface area (Å²) in [6, 6.07) is 8.20. The highest BCUT2D eigenvalue weighted by atomic mass is 16.5. The van der Waals surface area contributed by atoms with Crippen molar-refractivity contribution in [3.63, 3.8) is 0 Å². The molecule has 0 saturated heterocycles. The van der Waals surface area contributed by atoms with Crippen LogP contribution in [0.5, 0.6) is 5.75 Å². The summed E-state index contributed by atoms with van der Waals surface area (Å²) >= 11 is 0. The highest BCUT2D eigenvalue weighted by molar-refractivity contribution is 5.49. The van der Waals surface area contributed by atoms with Crippen molar-refractivity contribution < 1.29 is 4.74 Å². The van der Waals surface area contributed by atoms with Gasteiger partial charge in [0.1, 0.15) is 11.9 Å². The van der Waals surface area contributed by atoms with Gasteiger partial charge >= 0.3 is 0 Å². The van der Waals surface area contributed by atoms with Crippen molar-refractivity contribution in [1.82, 2.24) is 5.32 Å². The van der Waals surface area contributed by atoms with Gasteiger partial charge in [0.05, 0.1) is 0 Å². The molecule has 0 aliphatic heterocycles. The van der Waals surface area contributed by atoms with E-state index in [0.717, 1.165) is 30.4 Å². The molecule has 0 aliphatic rings. The second kappa shape index (κ2) is 8.05. The van der Waals surface area contributed by atoms with Gasteiger partial charge in [-0.1, -0.05) is 19.9 Å². The lowest BCUT2D eigenvalue weighted by atomic mass is 10.1. The van der Waals surface area contributed by atoms with Crippen LogP contribution in [0.15, 0.2) is 24.3 Å². The first-order chi connectivity index (χ1) is 8.99. The van der Waals surface area contributed by atoms with Crippen LogP contribution in [-0.2, 0) is 0 Å². The largest absolute Gasteiger partial charge is 0.489 e. The topological polar surface area (TPSA) is 24.5 Å². The molecule has 1 unspecified atom stereocenters. The Kier molecular flexibility index (Phi) is 6.71. The van der Waals surface area contributed by atoms with Crippen LogP contribution in [-0.4, -0.2) is 33.3 Å². The number of hydrogen-bond donors (Lipinski definition) is 1.